The van der Waals surface area contributed by atoms with Crippen LogP contribution in [-0.4, -0.2) is 95.0 Å². The second kappa shape index (κ2) is 10.5. The first-order valence-corrected chi connectivity index (χ1v) is 11.1. The molecule has 8 heteroatoms. The first-order chi connectivity index (χ1) is 13.6. The standard InChI is InChI=1S/C20H35N5O2S/c1-21-19(23-16-20(24(2)3)6-10-26-11-7-20)22-15-17(18-5-4-14-28-18)25-8-12-27-13-9-25/h4-5,14,17H,6-13,15-16H2,1-3H3,(H2,21,22,23). The molecule has 0 spiro atoms. The molecule has 1 unspecified atom stereocenters. The van der Waals surface area contributed by atoms with Gasteiger partial charge in [0.25, 0.3) is 0 Å². The van der Waals surface area contributed by atoms with Crippen LogP contribution in [0, 0.1) is 0 Å². The molecule has 2 saturated heterocycles. The van der Waals surface area contributed by atoms with Gasteiger partial charge in [0.15, 0.2) is 5.96 Å². The molecule has 0 saturated carbocycles. The maximum Gasteiger partial charge on any atom is 0.191 e. The first kappa shape index (κ1) is 21.5. The van der Waals surface area contributed by atoms with Gasteiger partial charge in [0.1, 0.15) is 0 Å². The Kier molecular flexibility index (Phi) is 8.11. The number of rotatable bonds is 7. The van der Waals surface area contributed by atoms with Crippen molar-refractivity contribution in [3.05, 3.63) is 22.4 Å². The molecule has 2 fully saturated rings. The van der Waals surface area contributed by atoms with Crippen LogP contribution in [0.3, 0.4) is 0 Å². The molecule has 1 aromatic heterocycles. The molecule has 0 amide bonds. The van der Waals surface area contributed by atoms with E-state index in [2.05, 4.69) is 57.0 Å². The van der Waals surface area contributed by atoms with Crippen LogP contribution in [0.1, 0.15) is 23.8 Å². The van der Waals surface area contributed by atoms with Gasteiger partial charge in [-0.15, -0.1) is 11.3 Å². The maximum absolute atomic E-state index is 5.58. The van der Waals surface area contributed by atoms with Gasteiger partial charge < -0.3 is 25.0 Å². The number of thiophene rings is 1. The summed E-state index contributed by atoms with van der Waals surface area (Å²) in [5.41, 5.74) is 0.118. The van der Waals surface area contributed by atoms with E-state index in [1.165, 1.54) is 4.88 Å². The number of aliphatic imine (C=N–C) groups is 1. The zero-order chi connectivity index (χ0) is 19.8. The van der Waals surface area contributed by atoms with E-state index < -0.39 is 0 Å². The highest BCUT2D eigenvalue weighted by molar-refractivity contribution is 7.10. The van der Waals surface area contributed by atoms with Gasteiger partial charge in [0, 0.05) is 56.9 Å². The normalized spacial score (nSPS) is 22.2. The van der Waals surface area contributed by atoms with Crippen LogP contribution in [0.4, 0.5) is 0 Å². The topological polar surface area (TPSA) is 61.4 Å². The average Bonchev–Trinajstić information content (AvgIpc) is 3.26. The number of ether oxygens (including phenoxy) is 2. The molecule has 28 heavy (non-hydrogen) atoms. The van der Waals surface area contributed by atoms with Crippen molar-refractivity contribution >= 4 is 17.3 Å². The number of hydrogen-bond acceptors (Lipinski definition) is 6. The van der Waals surface area contributed by atoms with E-state index in [0.29, 0.717) is 6.04 Å². The molecule has 1 aromatic rings. The molecule has 3 rings (SSSR count). The van der Waals surface area contributed by atoms with Crippen molar-refractivity contribution in [2.24, 2.45) is 4.99 Å². The van der Waals surface area contributed by atoms with Crippen LogP contribution >= 0.6 is 11.3 Å². The summed E-state index contributed by atoms with van der Waals surface area (Å²) in [5, 5.41) is 9.29. The number of nitrogens with one attached hydrogen (secondary N) is 2. The molecule has 2 aliphatic rings. The Morgan fingerprint density at radius 2 is 1.93 bits per heavy atom. The quantitative estimate of drug-likeness (QED) is 0.524. The predicted octanol–water partition coefficient (Wildman–Crippen LogP) is 1.40. The molecule has 0 radical (unpaired) electrons. The fraction of sp³-hybridized carbons (Fsp3) is 0.750. The van der Waals surface area contributed by atoms with Crippen molar-refractivity contribution in [2.75, 3.05) is 73.7 Å². The maximum atomic E-state index is 5.58. The van der Waals surface area contributed by atoms with Gasteiger partial charge in [-0.3, -0.25) is 9.89 Å². The summed E-state index contributed by atoms with van der Waals surface area (Å²) < 4.78 is 11.1. The summed E-state index contributed by atoms with van der Waals surface area (Å²) in [4.78, 5) is 10.7. The lowest BCUT2D eigenvalue weighted by Crippen LogP contribution is -2.57. The third-order valence-electron chi connectivity index (χ3n) is 6.00. The van der Waals surface area contributed by atoms with E-state index in [1.54, 1.807) is 0 Å². The Balaban J connectivity index is 1.58. The van der Waals surface area contributed by atoms with Gasteiger partial charge >= 0.3 is 0 Å². The summed E-state index contributed by atoms with van der Waals surface area (Å²) in [5.74, 6) is 0.863. The van der Waals surface area contributed by atoms with Crippen molar-refractivity contribution in [1.82, 2.24) is 20.4 Å². The lowest BCUT2D eigenvalue weighted by molar-refractivity contribution is -0.00506. The highest BCUT2D eigenvalue weighted by Crippen LogP contribution is 2.26. The Morgan fingerprint density at radius 1 is 1.21 bits per heavy atom. The van der Waals surface area contributed by atoms with E-state index in [1.807, 2.05) is 18.4 Å². The largest absolute Gasteiger partial charge is 0.381 e. The minimum absolute atomic E-state index is 0.118. The van der Waals surface area contributed by atoms with Crippen LogP contribution in [-0.2, 0) is 9.47 Å². The van der Waals surface area contributed by atoms with Crippen LogP contribution < -0.4 is 10.6 Å². The lowest BCUT2D eigenvalue weighted by Gasteiger charge is -2.43. The Bertz CT molecular complexity index is 596. The van der Waals surface area contributed by atoms with Crippen molar-refractivity contribution < 1.29 is 9.47 Å². The molecule has 0 aliphatic carbocycles. The SMILES string of the molecule is CN=C(NCC(c1cccs1)N1CCOCC1)NCC1(N(C)C)CCOCC1. The van der Waals surface area contributed by atoms with Crippen molar-refractivity contribution in [2.45, 2.75) is 24.4 Å². The van der Waals surface area contributed by atoms with Gasteiger partial charge in [0.2, 0.25) is 0 Å². The average molecular weight is 410 g/mol. The molecule has 0 bridgehead atoms. The third-order valence-corrected chi connectivity index (χ3v) is 6.98. The molecular weight excluding hydrogens is 374 g/mol. The molecule has 3 heterocycles. The summed E-state index contributed by atoms with van der Waals surface area (Å²) in [6.45, 7) is 6.90. The number of guanidine groups is 1. The van der Waals surface area contributed by atoms with Gasteiger partial charge in [-0.2, -0.15) is 0 Å². The Morgan fingerprint density at radius 3 is 2.54 bits per heavy atom. The lowest BCUT2D eigenvalue weighted by atomic mass is 9.88. The Labute approximate surface area is 173 Å². The Hall–Kier alpha value is -1.19. The van der Waals surface area contributed by atoms with Gasteiger partial charge in [-0.05, 0) is 38.4 Å². The summed E-state index contributed by atoms with van der Waals surface area (Å²) in [6.07, 6.45) is 2.07. The van der Waals surface area contributed by atoms with Gasteiger partial charge in [-0.25, -0.2) is 0 Å². The zero-order valence-electron chi connectivity index (χ0n) is 17.4. The van der Waals surface area contributed by atoms with Crippen LogP contribution in [0.25, 0.3) is 0 Å². The van der Waals surface area contributed by atoms with Gasteiger partial charge in [-0.1, -0.05) is 6.07 Å². The molecule has 7 nitrogen and oxygen atoms in total. The highest BCUT2D eigenvalue weighted by Gasteiger charge is 2.35. The van der Waals surface area contributed by atoms with Crippen LogP contribution in [0.2, 0.25) is 0 Å². The monoisotopic (exact) mass is 409 g/mol. The second-order valence-corrected chi connectivity index (χ2v) is 8.70. The fourth-order valence-electron chi connectivity index (χ4n) is 3.98. The van der Waals surface area contributed by atoms with Crippen molar-refractivity contribution in [1.29, 1.82) is 0 Å². The number of morpholine rings is 1. The van der Waals surface area contributed by atoms with Crippen LogP contribution in [0.5, 0.6) is 0 Å². The molecule has 2 N–H and O–H groups in total. The summed E-state index contributed by atoms with van der Waals surface area (Å²) >= 11 is 1.82. The van der Waals surface area contributed by atoms with E-state index >= 15 is 0 Å². The van der Waals surface area contributed by atoms with Crippen molar-refractivity contribution in [3.8, 4) is 0 Å². The number of hydrogen-bond donors (Lipinski definition) is 2. The molecule has 0 aromatic carbocycles. The van der Waals surface area contributed by atoms with E-state index in [9.17, 15) is 0 Å². The zero-order valence-corrected chi connectivity index (χ0v) is 18.3. The minimum atomic E-state index is 0.118. The molecular formula is C20H35N5O2S. The fourth-order valence-corrected chi connectivity index (χ4v) is 4.84. The second-order valence-electron chi connectivity index (χ2n) is 7.72. The van der Waals surface area contributed by atoms with Crippen LogP contribution in [0.15, 0.2) is 22.5 Å². The van der Waals surface area contributed by atoms with E-state index in [4.69, 9.17) is 9.47 Å². The predicted molar refractivity (Wildman–Crippen MR) is 115 cm³/mol. The smallest absolute Gasteiger partial charge is 0.191 e. The number of likely N-dealkylation sites (N-methyl/N-ethyl adjacent to an activating group) is 1. The third kappa shape index (κ3) is 5.45. The highest BCUT2D eigenvalue weighted by atomic mass is 32.1. The van der Waals surface area contributed by atoms with E-state index in [0.717, 1.165) is 71.4 Å². The van der Waals surface area contributed by atoms with Crippen molar-refractivity contribution in [3.63, 3.8) is 0 Å². The summed E-state index contributed by atoms with van der Waals surface area (Å²) in [7, 11) is 6.17. The summed E-state index contributed by atoms with van der Waals surface area (Å²) in [6, 6.07) is 4.70. The van der Waals surface area contributed by atoms with E-state index in [-0.39, 0.29) is 5.54 Å². The van der Waals surface area contributed by atoms with Gasteiger partial charge in [0.05, 0.1) is 19.3 Å². The number of nitrogens with zero attached hydrogens (tertiary/aromatic N) is 3. The molecule has 2 aliphatic heterocycles. The first-order valence-electron chi connectivity index (χ1n) is 10.2. The minimum Gasteiger partial charge on any atom is -0.381 e. The molecule has 158 valence electrons. The molecule has 1 atom stereocenters.